The lowest BCUT2D eigenvalue weighted by atomic mass is 9.71. The van der Waals surface area contributed by atoms with Crippen molar-refractivity contribution in [2.24, 2.45) is 17.8 Å². The van der Waals surface area contributed by atoms with Gasteiger partial charge >= 0.3 is 0 Å². The fraction of sp³-hybridized carbons (Fsp3) is 0.600. The average molecular weight is 455 g/mol. The molecule has 174 valence electrons. The minimum absolute atomic E-state index is 0.239. The smallest absolute Gasteiger partial charge is 0.149 e. The maximum absolute atomic E-state index is 14.6. The summed E-state index contributed by atoms with van der Waals surface area (Å²) in [6.07, 6.45) is 24.0. The van der Waals surface area contributed by atoms with Gasteiger partial charge in [0, 0.05) is 5.56 Å². The second-order valence-corrected chi connectivity index (χ2v) is 10.8. The summed E-state index contributed by atoms with van der Waals surface area (Å²) in [4.78, 5) is 0. The summed E-state index contributed by atoms with van der Waals surface area (Å²) < 4.78 is 14.6. The van der Waals surface area contributed by atoms with E-state index in [-0.39, 0.29) is 10.8 Å². The van der Waals surface area contributed by atoms with E-state index in [2.05, 4.69) is 25.2 Å². The van der Waals surface area contributed by atoms with Gasteiger partial charge in [-0.15, -0.1) is 0 Å². The highest BCUT2D eigenvalue weighted by Gasteiger charge is 2.28. The Labute approximate surface area is 200 Å². The Bertz CT molecular complexity index is 890. The van der Waals surface area contributed by atoms with Gasteiger partial charge in [0.05, 0.1) is 5.02 Å². The van der Waals surface area contributed by atoms with Crippen LogP contribution in [0.2, 0.25) is 5.02 Å². The molecule has 0 amide bonds. The van der Waals surface area contributed by atoms with Crippen molar-refractivity contribution in [1.82, 2.24) is 0 Å². The van der Waals surface area contributed by atoms with Gasteiger partial charge in [-0.25, -0.2) is 4.39 Å². The molecule has 3 aliphatic rings. The van der Waals surface area contributed by atoms with Crippen molar-refractivity contribution in [3.05, 3.63) is 63.5 Å². The largest absolute Gasteiger partial charge is 0.205 e. The first kappa shape index (κ1) is 23.8. The summed E-state index contributed by atoms with van der Waals surface area (Å²) in [7, 11) is 0. The molecule has 0 aliphatic heterocycles. The topological polar surface area (TPSA) is 0 Å². The summed E-state index contributed by atoms with van der Waals surface area (Å²) in [6, 6.07) is 3.85. The van der Waals surface area contributed by atoms with Crippen LogP contribution in [0.25, 0.3) is 5.57 Å². The predicted molar refractivity (Wildman–Crippen MR) is 136 cm³/mol. The summed E-state index contributed by atoms with van der Waals surface area (Å²) in [5, 5.41) is 0.279. The van der Waals surface area contributed by atoms with Gasteiger partial charge in [-0.2, -0.15) is 0 Å². The summed E-state index contributed by atoms with van der Waals surface area (Å²) in [5.41, 5.74) is 6.14. The van der Waals surface area contributed by atoms with Crippen LogP contribution >= 0.6 is 11.6 Å². The van der Waals surface area contributed by atoms with E-state index < -0.39 is 0 Å². The van der Waals surface area contributed by atoms with Crippen molar-refractivity contribution in [1.29, 1.82) is 0 Å². The molecule has 3 aliphatic carbocycles. The highest BCUT2D eigenvalue weighted by Crippen LogP contribution is 2.43. The van der Waals surface area contributed by atoms with Gasteiger partial charge in [0.25, 0.3) is 0 Å². The molecule has 3 unspecified atom stereocenters. The Morgan fingerprint density at radius 3 is 2.31 bits per heavy atom. The summed E-state index contributed by atoms with van der Waals surface area (Å²) in [6.45, 7) is 4.15. The summed E-state index contributed by atoms with van der Waals surface area (Å²) >= 11 is 6.15. The van der Waals surface area contributed by atoms with E-state index >= 15 is 0 Å². The molecule has 0 nitrogen and oxygen atoms in total. The molecular weight excluding hydrogens is 415 g/mol. The SMILES string of the molecule is CCCCCC1=CCC(C2=CCC(C3CC=C(c4ccc(C)c(Cl)c4F)CC3)CC2)CC1. The Morgan fingerprint density at radius 1 is 0.906 bits per heavy atom. The molecule has 1 aromatic carbocycles. The lowest BCUT2D eigenvalue weighted by Crippen LogP contribution is -2.21. The second kappa shape index (κ2) is 11.2. The fourth-order valence-corrected chi connectivity index (χ4v) is 6.31. The third-order valence-corrected chi connectivity index (χ3v) is 8.82. The molecule has 2 heteroatoms. The molecule has 0 bridgehead atoms. The first-order valence-corrected chi connectivity index (χ1v) is 13.5. The van der Waals surface area contributed by atoms with Crippen LogP contribution in [0.4, 0.5) is 4.39 Å². The molecule has 32 heavy (non-hydrogen) atoms. The van der Waals surface area contributed by atoms with Gasteiger partial charge in [-0.3, -0.25) is 0 Å². The maximum Gasteiger partial charge on any atom is 0.149 e. The van der Waals surface area contributed by atoms with Crippen LogP contribution in [-0.2, 0) is 0 Å². The zero-order valence-electron chi connectivity index (χ0n) is 20.1. The van der Waals surface area contributed by atoms with E-state index in [1.165, 1.54) is 70.6 Å². The second-order valence-electron chi connectivity index (χ2n) is 10.4. The highest BCUT2D eigenvalue weighted by atomic mass is 35.5. The van der Waals surface area contributed by atoms with E-state index in [0.29, 0.717) is 5.56 Å². The number of unbranched alkanes of at least 4 members (excludes halogenated alkanes) is 2. The van der Waals surface area contributed by atoms with Gasteiger partial charge in [0.15, 0.2) is 0 Å². The molecule has 3 atom stereocenters. The first-order chi connectivity index (χ1) is 15.6. The van der Waals surface area contributed by atoms with Crippen molar-refractivity contribution in [2.75, 3.05) is 0 Å². The molecule has 1 aromatic rings. The third-order valence-electron chi connectivity index (χ3n) is 8.36. The van der Waals surface area contributed by atoms with Gasteiger partial charge in [-0.05, 0) is 106 Å². The molecule has 0 aromatic heterocycles. The molecule has 4 rings (SSSR count). The quantitative estimate of drug-likeness (QED) is 0.284. The van der Waals surface area contributed by atoms with Crippen molar-refractivity contribution >= 4 is 17.2 Å². The van der Waals surface area contributed by atoms with Crippen LogP contribution in [0.15, 0.2) is 41.5 Å². The molecule has 0 heterocycles. The fourth-order valence-electron chi connectivity index (χ4n) is 6.15. The van der Waals surface area contributed by atoms with Crippen molar-refractivity contribution in [2.45, 2.75) is 97.3 Å². The average Bonchev–Trinajstić information content (AvgIpc) is 2.84. The van der Waals surface area contributed by atoms with Gasteiger partial charge in [0.2, 0.25) is 0 Å². The predicted octanol–water partition coefficient (Wildman–Crippen LogP) is 10.0. The van der Waals surface area contributed by atoms with Crippen molar-refractivity contribution < 1.29 is 4.39 Å². The molecule has 0 spiro atoms. The van der Waals surface area contributed by atoms with E-state index in [0.717, 1.165) is 41.7 Å². The normalized spacial score (nSPS) is 26.4. The number of halogens is 2. The third kappa shape index (κ3) is 5.58. The lowest BCUT2D eigenvalue weighted by Gasteiger charge is -2.34. The minimum atomic E-state index is -0.239. The Morgan fingerprint density at radius 2 is 1.69 bits per heavy atom. The Hall–Kier alpha value is -1.34. The molecular formula is C30H40ClF. The zero-order valence-corrected chi connectivity index (χ0v) is 20.8. The number of benzene rings is 1. The molecule has 0 N–H and O–H groups in total. The van der Waals surface area contributed by atoms with Crippen LogP contribution in [0.5, 0.6) is 0 Å². The Kier molecular flexibility index (Phi) is 8.32. The van der Waals surface area contributed by atoms with Crippen LogP contribution in [-0.4, -0.2) is 0 Å². The van der Waals surface area contributed by atoms with E-state index in [4.69, 9.17) is 11.6 Å². The molecule has 0 saturated heterocycles. The molecule has 0 radical (unpaired) electrons. The van der Waals surface area contributed by atoms with Crippen LogP contribution in [0.1, 0.15) is 102 Å². The van der Waals surface area contributed by atoms with Crippen LogP contribution in [0.3, 0.4) is 0 Å². The number of hydrogen-bond acceptors (Lipinski definition) is 0. The van der Waals surface area contributed by atoms with Gasteiger partial charge in [0.1, 0.15) is 5.82 Å². The lowest BCUT2D eigenvalue weighted by molar-refractivity contribution is 0.280. The van der Waals surface area contributed by atoms with Crippen molar-refractivity contribution in [3.63, 3.8) is 0 Å². The summed E-state index contributed by atoms with van der Waals surface area (Å²) in [5.74, 6) is 2.11. The monoisotopic (exact) mass is 454 g/mol. The van der Waals surface area contributed by atoms with E-state index in [1.54, 1.807) is 11.1 Å². The maximum atomic E-state index is 14.6. The van der Waals surface area contributed by atoms with Crippen LogP contribution < -0.4 is 0 Å². The molecule has 0 fully saturated rings. The highest BCUT2D eigenvalue weighted by molar-refractivity contribution is 6.31. The number of aryl methyl sites for hydroxylation is 1. The van der Waals surface area contributed by atoms with E-state index in [9.17, 15) is 4.39 Å². The standard InChI is InChI=1S/C30H40ClF/c1-3-4-5-6-22-8-10-23(11-9-22)24-12-14-25(15-13-24)26-16-18-27(19-17-26)28-20-7-21(2)29(31)30(28)32/h7-8,12,18,20,23,25-26H,3-6,9-11,13-17,19H2,1-2H3. The van der Waals surface area contributed by atoms with Crippen molar-refractivity contribution in [3.8, 4) is 0 Å². The first-order valence-electron chi connectivity index (χ1n) is 13.1. The number of hydrogen-bond donors (Lipinski definition) is 0. The molecule has 0 saturated carbocycles. The van der Waals surface area contributed by atoms with Crippen LogP contribution in [0, 0.1) is 30.5 Å². The van der Waals surface area contributed by atoms with Gasteiger partial charge in [-0.1, -0.05) is 72.9 Å². The van der Waals surface area contributed by atoms with E-state index in [1.807, 2.05) is 19.1 Å². The Balaban J connectivity index is 1.29. The minimum Gasteiger partial charge on any atom is -0.205 e. The zero-order chi connectivity index (χ0) is 22.5. The number of allylic oxidation sites excluding steroid dienone is 6. The number of rotatable bonds is 7. The van der Waals surface area contributed by atoms with Gasteiger partial charge < -0.3 is 0 Å².